The van der Waals surface area contributed by atoms with Gasteiger partial charge in [-0.25, -0.2) is 0 Å². The third kappa shape index (κ3) is 6.71. The first kappa shape index (κ1) is 17.9. The van der Waals surface area contributed by atoms with Gasteiger partial charge in [-0.15, -0.1) is 0 Å². The maximum Gasteiger partial charge on any atom is 0.119 e. The standard InChI is InChI=1S/C17H20ClNO3S/c18-14-6-8-17(9-7-14)23(21)11-10-19-12-15(20)13-22-16-4-2-1-3-5-16/h1-9,15,19-20H,10-13H2/t15-,23-/m1/s1. The second kappa shape index (κ2) is 9.67. The minimum absolute atomic E-state index is 0.220. The van der Waals surface area contributed by atoms with Gasteiger partial charge in [0.25, 0.3) is 0 Å². The number of rotatable bonds is 9. The van der Waals surface area contributed by atoms with E-state index in [-0.39, 0.29) is 6.61 Å². The van der Waals surface area contributed by atoms with Crippen molar-refractivity contribution in [1.29, 1.82) is 0 Å². The number of hydrogen-bond donors (Lipinski definition) is 2. The Balaban J connectivity index is 1.61. The lowest BCUT2D eigenvalue weighted by Crippen LogP contribution is -2.33. The largest absolute Gasteiger partial charge is 0.491 e. The van der Waals surface area contributed by atoms with Gasteiger partial charge < -0.3 is 15.2 Å². The molecule has 0 fully saturated rings. The van der Waals surface area contributed by atoms with Gasteiger partial charge in [0.05, 0.1) is 10.8 Å². The zero-order chi connectivity index (χ0) is 16.5. The Morgan fingerprint density at radius 2 is 1.83 bits per heavy atom. The molecule has 23 heavy (non-hydrogen) atoms. The molecule has 0 unspecified atom stereocenters. The smallest absolute Gasteiger partial charge is 0.119 e. The van der Waals surface area contributed by atoms with Crippen LogP contribution in [0.15, 0.2) is 59.5 Å². The quantitative estimate of drug-likeness (QED) is 0.680. The minimum Gasteiger partial charge on any atom is -0.491 e. The van der Waals surface area contributed by atoms with Crippen LogP contribution >= 0.6 is 11.6 Å². The molecular weight excluding hydrogens is 334 g/mol. The monoisotopic (exact) mass is 353 g/mol. The van der Waals surface area contributed by atoms with Gasteiger partial charge in [0.2, 0.25) is 0 Å². The number of halogens is 1. The van der Waals surface area contributed by atoms with Gasteiger partial charge in [0.1, 0.15) is 18.5 Å². The highest BCUT2D eigenvalue weighted by molar-refractivity contribution is 7.85. The average Bonchev–Trinajstić information content (AvgIpc) is 2.58. The summed E-state index contributed by atoms with van der Waals surface area (Å²) < 4.78 is 17.5. The van der Waals surface area contributed by atoms with E-state index in [0.29, 0.717) is 23.9 Å². The second-order valence-corrected chi connectivity index (χ2v) is 6.99. The highest BCUT2D eigenvalue weighted by atomic mass is 35.5. The molecule has 0 spiro atoms. The fourth-order valence-electron chi connectivity index (χ4n) is 1.91. The van der Waals surface area contributed by atoms with Crippen LogP contribution in [0, 0.1) is 0 Å². The van der Waals surface area contributed by atoms with E-state index in [0.717, 1.165) is 10.6 Å². The number of aliphatic hydroxyl groups excluding tert-OH is 1. The van der Waals surface area contributed by atoms with E-state index >= 15 is 0 Å². The van der Waals surface area contributed by atoms with E-state index in [1.807, 2.05) is 30.3 Å². The number of ether oxygens (including phenoxy) is 1. The van der Waals surface area contributed by atoms with Crippen molar-refractivity contribution in [1.82, 2.24) is 5.32 Å². The first-order chi connectivity index (χ1) is 11.1. The molecule has 2 rings (SSSR count). The van der Waals surface area contributed by atoms with Crippen molar-refractivity contribution in [2.24, 2.45) is 0 Å². The zero-order valence-corrected chi connectivity index (χ0v) is 14.2. The molecule has 0 heterocycles. The maximum absolute atomic E-state index is 12.1. The summed E-state index contributed by atoms with van der Waals surface area (Å²) in [5.41, 5.74) is 0. The number of para-hydroxylation sites is 1. The second-order valence-electron chi connectivity index (χ2n) is 4.99. The van der Waals surface area contributed by atoms with E-state index in [2.05, 4.69) is 5.32 Å². The molecule has 2 aromatic carbocycles. The Bertz CT molecular complexity index is 607. The van der Waals surface area contributed by atoms with E-state index in [9.17, 15) is 9.32 Å². The zero-order valence-electron chi connectivity index (χ0n) is 12.7. The van der Waals surface area contributed by atoms with Crippen LogP contribution < -0.4 is 10.1 Å². The Morgan fingerprint density at radius 3 is 2.52 bits per heavy atom. The lowest BCUT2D eigenvalue weighted by atomic mass is 10.3. The molecule has 6 heteroatoms. The van der Waals surface area contributed by atoms with Crippen molar-refractivity contribution in [3.05, 3.63) is 59.6 Å². The van der Waals surface area contributed by atoms with Gasteiger partial charge in [-0.3, -0.25) is 4.21 Å². The van der Waals surface area contributed by atoms with Crippen LogP contribution in [0.2, 0.25) is 5.02 Å². The van der Waals surface area contributed by atoms with Crippen molar-refractivity contribution in [2.75, 3.05) is 25.4 Å². The lowest BCUT2D eigenvalue weighted by Gasteiger charge is -2.13. The molecule has 4 nitrogen and oxygen atoms in total. The Morgan fingerprint density at radius 1 is 1.13 bits per heavy atom. The fourth-order valence-corrected chi connectivity index (χ4v) is 3.04. The maximum atomic E-state index is 12.1. The summed E-state index contributed by atoms with van der Waals surface area (Å²) in [5, 5.41) is 13.6. The van der Waals surface area contributed by atoms with Crippen molar-refractivity contribution in [3.63, 3.8) is 0 Å². The first-order valence-corrected chi connectivity index (χ1v) is 9.05. The van der Waals surface area contributed by atoms with E-state index in [4.69, 9.17) is 16.3 Å². The molecule has 0 radical (unpaired) electrons. The summed E-state index contributed by atoms with van der Waals surface area (Å²) in [5.74, 6) is 1.21. The van der Waals surface area contributed by atoms with E-state index < -0.39 is 16.9 Å². The molecular formula is C17H20ClNO3S. The van der Waals surface area contributed by atoms with Crippen molar-refractivity contribution >= 4 is 22.4 Å². The SMILES string of the molecule is O=[S@](CCNC[C@@H](O)COc1ccccc1)c1ccc(Cl)cc1. The number of aliphatic hydroxyl groups is 1. The molecule has 0 amide bonds. The molecule has 0 aliphatic carbocycles. The third-order valence-corrected chi connectivity index (χ3v) is 4.73. The minimum atomic E-state index is -1.07. The molecule has 0 saturated heterocycles. The number of nitrogens with one attached hydrogen (secondary N) is 1. The van der Waals surface area contributed by atoms with Gasteiger partial charge in [0.15, 0.2) is 0 Å². The van der Waals surface area contributed by atoms with Gasteiger partial charge >= 0.3 is 0 Å². The van der Waals surface area contributed by atoms with Crippen LogP contribution in [-0.4, -0.2) is 40.9 Å². The highest BCUT2D eigenvalue weighted by Gasteiger charge is 2.07. The van der Waals surface area contributed by atoms with Crippen molar-refractivity contribution in [3.8, 4) is 5.75 Å². The normalized spacial score (nSPS) is 13.5. The summed E-state index contributed by atoms with van der Waals surface area (Å²) in [7, 11) is -1.07. The molecule has 124 valence electrons. The summed E-state index contributed by atoms with van der Waals surface area (Å²) in [4.78, 5) is 0.754. The van der Waals surface area contributed by atoms with Crippen LogP contribution in [0.5, 0.6) is 5.75 Å². The highest BCUT2D eigenvalue weighted by Crippen LogP contribution is 2.12. The van der Waals surface area contributed by atoms with E-state index in [1.165, 1.54) is 0 Å². The van der Waals surface area contributed by atoms with Crippen molar-refractivity contribution < 1.29 is 14.1 Å². The van der Waals surface area contributed by atoms with Crippen LogP contribution in [0.3, 0.4) is 0 Å². The third-order valence-electron chi connectivity index (χ3n) is 3.11. The van der Waals surface area contributed by atoms with Crippen LogP contribution in [0.25, 0.3) is 0 Å². The lowest BCUT2D eigenvalue weighted by molar-refractivity contribution is 0.107. The van der Waals surface area contributed by atoms with Crippen LogP contribution in [0.1, 0.15) is 0 Å². The molecule has 0 aliphatic rings. The topological polar surface area (TPSA) is 58.6 Å². The summed E-state index contributed by atoms with van der Waals surface area (Å²) in [6.07, 6.45) is -0.612. The molecule has 2 aromatic rings. The van der Waals surface area contributed by atoms with Crippen LogP contribution in [0.4, 0.5) is 0 Å². The Hall–Kier alpha value is -1.40. The van der Waals surface area contributed by atoms with Gasteiger partial charge in [0, 0.05) is 28.8 Å². The summed E-state index contributed by atoms with van der Waals surface area (Å²) >= 11 is 5.80. The molecule has 2 N–H and O–H groups in total. The van der Waals surface area contributed by atoms with E-state index in [1.54, 1.807) is 24.3 Å². The van der Waals surface area contributed by atoms with Gasteiger partial charge in [-0.2, -0.15) is 0 Å². The fraction of sp³-hybridized carbons (Fsp3) is 0.294. The Kier molecular flexibility index (Phi) is 7.55. The number of hydrogen-bond acceptors (Lipinski definition) is 4. The van der Waals surface area contributed by atoms with Crippen LogP contribution in [-0.2, 0) is 10.8 Å². The number of benzene rings is 2. The van der Waals surface area contributed by atoms with Crippen molar-refractivity contribution in [2.45, 2.75) is 11.0 Å². The predicted molar refractivity (Wildman–Crippen MR) is 93.5 cm³/mol. The van der Waals surface area contributed by atoms with Gasteiger partial charge in [-0.05, 0) is 36.4 Å². The summed E-state index contributed by atoms with van der Waals surface area (Å²) in [6, 6.07) is 16.3. The predicted octanol–water partition coefficient (Wildman–Crippen LogP) is 2.48. The average molecular weight is 354 g/mol. The van der Waals surface area contributed by atoms with Gasteiger partial charge in [-0.1, -0.05) is 29.8 Å². The molecule has 0 aromatic heterocycles. The molecule has 0 bridgehead atoms. The molecule has 0 aliphatic heterocycles. The Labute approximate surface area is 143 Å². The summed E-state index contributed by atoms with van der Waals surface area (Å²) in [6.45, 7) is 1.17. The molecule has 2 atom stereocenters. The first-order valence-electron chi connectivity index (χ1n) is 7.36. The molecule has 0 saturated carbocycles.